The molecule has 0 aromatic carbocycles. The zero-order valence-corrected chi connectivity index (χ0v) is 19.9. The van der Waals surface area contributed by atoms with Crippen LogP contribution < -0.4 is 0 Å². The minimum Gasteiger partial charge on any atom is -0.393 e. The average Bonchev–Trinajstić information content (AvgIpc) is 3.00. The molecule has 0 aliphatic heterocycles. The van der Waals surface area contributed by atoms with Crippen molar-refractivity contribution < 1.29 is 10.2 Å². The predicted octanol–water partition coefficient (Wildman–Crippen LogP) is 6.44. The van der Waals surface area contributed by atoms with E-state index < -0.39 is 0 Å². The van der Waals surface area contributed by atoms with Gasteiger partial charge in [-0.25, -0.2) is 0 Å². The summed E-state index contributed by atoms with van der Waals surface area (Å²) in [6, 6.07) is 0. The second kappa shape index (κ2) is 8.12. The molecule has 4 saturated carbocycles. The van der Waals surface area contributed by atoms with Crippen molar-refractivity contribution in [3.05, 3.63) is 0 Å². The van der Waals surface area contributed by atoms with Gasteiger partial charge in [0.05, 0.1) is 12.2 Å². The van der Waals surface area contributed by atoms with Crippen molar-refractivity contribution in [3.8, 4) is 0 Å². The molecule has 168 valence electrons. The Labute approximate surface area is 180 Å². The number of fused-ring (bicyclic) bond motifs is 5. The molecule has 2 nitrogen and oxygen atoms in total. The Kier molecular flexibility index (Phi) is 6.19. The molecule has 0 spiro atoms. The lowest BCUT2D eigenvalue weighted by molar-refractivity contribution is -0.172. The van der Waals surface area contributed by atoms with Crippen LogP contribution in [0.1, 0.15) is 105 Å². The Morgan fingerprint density at radius 2 is 1.48 bits per heavy atom. The molecular formula is C27H48O2. The van der Waals surface area contributed by atoms with E-state index in [1.807, 2.05) is 0 Å². The normalized spacial score (nSPS) is 50.7. The highest BCUT2D eigenvalue weighted by atomic mass is 16.3. The summed E-state index contributed by atoms with van der Waals surface area (Å²) in [5.41, 5.74) is 0.749. The van der Waals surface area contributed by atoms with Gasteiger partial charge < -0.3 is 10.2 Å². The van der Waals surface area contributed by atoms with E-state index in [0.717, 1.165) is 55.3 Å². The lowest BCUT2D eigenvalue weighted by Crippen LogP contribution is -2.58. The Bertz CT molecular complexity index is 573. The van der Waals surface area contributed by atoms with E-state index >= 15 is 0 Å². The largest absolute Gasteiger partial charge is 0.393 e. The van der Waals surface area contributed by atoms with Gasteiger partial charge in [0, 0.05) is 0 Å². The molecule has 0 bridgehead atoms. The van der Waals surface area contributed by atoms with Crippen molar-refractivity contribution in [2.75, 3.05) is 0 Å². The molecule has 4 aliphatic rings. The number of aliphatic hydroxyl groups is 2. The second-order valence-corrected chi connectivity index (χ2v) is 12.8. The van der Waals surface area contributed by atoms with Crippen LogP contribution >= 0.6 is 0 Å². The molecule has 0 amide bonds. The summed E-state index contributed by atoms with van der Waals surface area (Å²) in [4.78, 5) is 0. The van der Waals surface area contributed by atoms with Gasteiger partial charge in [-0.15, -0.1) is 0 Å². The first kappa shape index (κ1) is 22.1. The smallest absolute Gasteiger partial charge is 0.0577 e. The Balaban J connectivity index is 1.50. The summed E-state index contributed by atoms with van der Waals surface area (Å²) >= 11 is 0. The second-order valence-electron chi connectivity index (χ2n) is 12.8. The van der Waals surface area contributed by atoms with Crippen molar-refractivity contribution in [2.24, 2.45) is 52.3 Å². The minimum atomic E-state index is -0.193. The number of hydrogen-bond donors (Lipinski definition) is 2. The molecular weight excluding hydrogens is 356 g/mol. The predicted molar refractivity (Wildman–Crippen MR) is 120 cm³/mol. The summed E-state index contributed by atoms with van der Waals surface area (Å²) in [7, 11) is 0. The van der Waals surface area contributed by atoms with Gasteiger partial charge in [0.1, 0.15) is 0 Å². The van der Waals surface area contributed by atoms with E-state index in [0.29, 0.717) is 17.3 Å². The maximum atomic E-state index is 11.2. The first-order valence-corrected chi connectivity index (χ1v) is 13.0. The van der Waals surface area contributed by atoms with Crippen molar-refractivity contribution >= 4 is 0 Å². The molecule has 10 atom stereocenters. The summed E-state index contributed by atoms with van der Waals surface area (Å²) in [6.45, 7) is 12.4. The van der Waals surface area contributed by atoms with Gasteiger partial charge in [-0.2, -0.15) is 0 Å². The van der Waals surface area contributed by atoms with Crippen LogP contribution in [0.4, 0.5) is 0 Å². The molecule has 2 heteroatoms. The molecule has 0 saturated heterocycles. The van der Waals surface area contributed by atoms with E-state index in [-0.39, 0.29) is 17.6 Å². The Hall–Kier alpha value is -0.0800. The fraction of sp³-hybridized carbons (Fsp3) is 1.00. The van der Waals surface area contributed by atoms with Crippen LogP contribution in [0, 0.1) is 52.3 Å². The molecule has 2 N–H and O–H groups in total. The maximum absolute atomic E-state index is 11.2. The molecule has 29 heavy (non-hydrogen) atoms. The van der Waals surface area contributed by atoms with E-state index in [1.54, 1.807) is 0 Å². The quantitative estimate of drug-likeness (QED) is 0.553. The fourth-order valence-corrected chi connectivity index (χ4v) is 9.30. The number of hydrogen-bond acceptors (Lipinski definition) is 2. The molecule has 0 radical (unpaired) electrons. The summed E-state index contributed by atoms with van der Waals surface area (Å²) in [5.74, 6) is 5.20. The molecule has 4 rings (SSSR count). The number of rotatable bonds is 5. The molecule has 4 fully saturated rings. The maximum Gasteiger partial charge on any atom is 0.0577 e. The van der Waals surface area contributed by atoms with E-state index in [4.69, 9.17) is 0 Å². The highest BCUT2D eigenvalue weighted by molar-refractivity contribution is 5.11. The highest BCUT2D eigenvalue weighted by Gasteiger charge is 2.62. The third kappa shape index (κ3) is 3.73. The molecule has 3 unspecified atom stereocenters. The van der Waals surface area contributed by atoms with Gasteiger partial charge in [0.2, 0.25) is 0 Å². The monoisotopic (exact) mass is 404 g/mol. The standard InChI is InChI=1S/C27H48O2/c1-17(2)7-6-8-18(3)21-9-10-22-20-16-25(29)24-15-19(28)11-13-27(24,5)23(20)12-14-26(21,22)4/h17-25,28-29H,6-16H2,1-5H3/t18-,19-,20?,21-,22?,23?,24+,25+,26-,27-/m1/s1. The van der Waals surface area contributed by atoms with E-state index in [2.05, 4.69) is 34.6 Å². The van der Waals surface area contributed by atoms with Gasteiger partial charge in [-0.1, -0.05) is 53.9 Å². The third-order valence-corrected chi connectivity index (χ3v) is 10.9. The van der Waals surface area contributed by atoms with Crippen molar-refractivity contribution in [1.29, 1.82) is 0 Å². The average molecular weight is 405 g/mol. The van der Waals surface area contributed by atoms with Gasteiger partial charge in [0.15, 0.2) is 0 Å². The molecule has 4 aliphatic carbocycles. The summed E-state index contributed by atoms with van der Waals surface area (Å²) in [5, 5.41) is 21.4. The lowest BCUT2D eigenvalue weighted by Gasteiger charge is -2.62. The number of aliphatic hydroxyl groups excluding tert-OH is 2. The van der Waals surface area contributed by atoms with Crippen LogP contribution in [0.3, 0.4) is 0 Å². The first-order chi connectivity index (χ1) is 13.7. The van der Waals surface area contributed by atoms with E-state index in [1.165, 1.54) is 44.9 Å². The summed E-state index contributed by atoms with van der Waals surface area (Å²) < 4.78 is 0. The van der Waals surface area contributed by atoms with Crippen molar-refractivity contribution in [3.63, 3.8) is 0 Å². The first-order valence-electron chi connectivity index (χ1n) is 13.0. The van der Waals surface area contributed by atoms with Crippen LogP contribution in [0.25, 0.3) is 0 Å². The van der Waals surface area contributed by atoms with Crippen LogP contribution in [-0.4, -0.2) is 22.4 Å². The van der Waals surface area contributed by atoms with Gasteiger partial charge in [-0.3, -0.25) is 0 Å². The van der Waals surface area contributed by atoms with Gasteiger partial charge in [-0.05, 0) is 104 Å². The highest BCUT2D eigenvalue weighted by Crippen LogP contribution is 2.68. The van der Waals surface area contributed by atoms with Crippen molar-refractivity contribution in [2.45, 2.75) is 117 Å². The van der Waals surface area contributed by atoms with Crippen LogP contribution in [0.15, 0.2) is 0 Å². The van der Waals surface area contributed by atoms with Crippen LogP contribution in [0.5, 0.6) is 0 Å². The summed E-state index contributed by atoms with van der Waals surface area (Å²) in [6.07, 6.45) is 13.3. The molecule has 0 aromatic rings. The Morgan fingerprint density at radius 3 is 2.21 bits per heavy atom. The third-order valence-electron chi connectivity index (χ3n) is 10.9. The molecule has 0 aromatic heterocycles. The SMILES string of the molecule is CC(C)CCC[C@@H](C)[C@H]1CCC2C3C[C@H](O)[C@@H]4C[C@H](O)CC[C@]4(C)C3CC[C@@]21C. The van der Waals surface area contributed by atoms with Crippen LogP contribution in [0.2, 0.25) is 0 Å². The van der Waals surface area contributed by atoms with Gasteiger partial charge in [0.25, 0.3) is 0 Å². The Morgan fingerprint density at radius 1 is 0.793 bits per heavy atom. The lowest BCUT2D eigenvalue weighted by atomic mass is 9.44. The van der Waals surface area contributed by atoms with Crippen molar-refractivity contribution in [1.82, 2.24) is 0 Å². The topological polar surface area (TPSA) is 40.5 Å². The van der Waals surface area contributed by atoms with Crippen LogP contribution in [-0.2, 0) is 0 Å². The molecule has 0 heterocycles. The van der Waals surface area contributed by atoms with Gasteiger partial charge >= 0.3 is 0 Å². The zero-order valence-electron chi connectivity index (χ0n) is 19.9. The zero-order chi connectivity index (χ0) is 21.0. The fourth-order valence-electron chi connectivity index (χ4n) is 9.30. The minimum absolute atomic E-state index is 0.185. The van der Waals surface area contributed by atoms with E-state index in [9.17, 15) is 10.2 Å².